The van der Waals surface area contributed by atoms with Crippen LogP contribution in [0, 0.1) is 6.92 Å². The monoisotopic (exact) mass is 387 g/mol. The van der Waals surface area contributed by atoms with Crippen LogP contribution in [0.15, 0.2) is 34.9 Å². The average Bonchev–Trinajstić information content (AvgIpc) is 3.09. The van der Waals surface area contributed by atoms with E-state index in [-0.39, 0.29) is 17.2 Å². The smallest absolute Gasteiger partial charge is 0.264 e. The van der Waals surface area contributed by atoms with E-state index < -0.39 is 6.43 Å². The fraction of sp³-hybridized carbons (Fsp3) is 0.429. The van der Waals surface area contributed by atoms with Crippen LogP contribution < -0.4 is 4.74 Å². The first kappa shape index (κ1) is 18.8. The first-order chi connectivity index (χ1) is 13.5. The molecule has 0 N–H and O–H groups in total. The predicted octanol–water partition coefficient (Wildman–Crippen LogP) is 4.86. The maximum atomic E-state index is 13.6. The third-order valence-corrected chi connectivity index (χ3v) is 5.39. The Bertz CT molecular complexity index is 956. The molecule has 0 spiro atoms. The second-order valence-corrected chi connectivity index (χ2v) is 7.31. The van der Waals surface area contributed by atoms with Crippen molar-refractivity contribution in [2.24, 2.45) is 0 Å². The Kier molecular flexibility index (Phi) is 5.26. The summed E-state index contributed by atoms with van der Waals surface area (Å²) in [5, 5.41) is 4.16. The Morgan fingerprint density at radius 2 is 2.07 bits per heavy atom. The normalized spacial score (nSPS) is 18.1. The van der Waals surface area contributed by atoms with Gasteiger partial charge in [-0.3, -0.25) is 4.90 Å². The number of methoxy groups -OCH3 is 1. The number of aryl methyl sites for hydroxylation is 1. The minimum Gasteiger partial charge on any atom is -0.497 e. The van der Waals surface area contributed by atoms with Gasteiger partial charge in [-0.15, -0.1) is 0 Å². The molecule has 3 heterocycles. The number of hydrogen-bond acceptors (Lipinski definition) is 5. The summed E-state index contributed by atoms with van der Waals surface area (Å²) in [4.78, 5) is 6.86. The Balaban J connectivity index is 1.55. The molecule has 1 fully saturated rings. The van der Waals surface area contributed by atoms with E-state index in [4.69, 9.17) is 9.26 Å². The molecule has 0 bridgehead atoms. The van der Waals surface area contributed by atoms with E-state index >= 15 is 0 Å². The van der Waals surface area contributed by atoms with E-state index in [1.807, 2.05) is 12.1 Å². The van der Waals surface area contributed by atoms with Gasteiger partial charge in [0, 0.05) is 30.3 Å². The third kappa shape index (κ3) is 3.71. The highest BCUT2D eigenvalue weighted by Gasteiger charge is 2.26. The molecule has 1 aromatic carbocycles. The molecular formula is C21H23F2N3O2. The van der Waals surface area contributed by atoms with Crippen LogP contribution in [-0.4, -0.2) is 35.2 Å². The standard InChI is InChI=1S/C21H23F2N3O2/c1-13-19-17(20(22)23)10-18(24-21(19)28-25-13)15-4-3-9-26(12-15)11-14-5-7-16(27-2)8-6-14/h5-8,10,15,20H,3-4,9,11-12H2,1-2H3/t15-/m0/s1. The van der Waals surface area contributed by atoms with Gasteiger partial charge in [-0.2, -0.15) is 0 Å². The molecule has 1 saturated heterocycles. The van der Waals surface area contributed by atoms with Crippen molar-refractivity contribution in [1.29, 1.82) is 0 Å². The van der Waals surface area contributed by atoms with Gasteiger partial charge in [0.15, 0.2) is 0 Å². The minimum absolute atomic E-state index is 0.0361. The first-order valence-electron chi connectivity index (χ1n) is 9.45. The summed E-state index contributed by atoms with van der Waals surface area (Å²) in [7, 11) is 1.65. The van der Waals surface area contributed by atoms with Crippen LogP contribution in [0.3, 0.4) is 0 Å². The topological polar surface area (TPSA) is 51.4 Å². The Labute approximate surface area is 162 Å². The zero-order valence-electron chi connectivity index (χ0n) is 16.0. The Morgan fingerprint density at radius 3 is 2.79 bits per heavy atom. The molecule has 1 atom stereocenters. The molecule has 28 heavy (non-hydrogen) atoms. The van der Waals surface area contributed by atoms with Gasteiger partial charge in [0.25, 0.3) is 12.1 Å². The van der Waals surface area contributed by atoms with Gasteiger partial charge in [-0.05, 0) is 50.1 Å². The SMILES string of the molecule is COc1ccc(CN2CCC[C@H](c3cc(C(F)F)c4c(C)noc4n3)C2)cc1. The number of ether oxygens (including phenoxy) is 1. The van der Waals surface area contributed by atoms with E-state index in [1.54, 1.807) is 20.1 Å². The van der Waals surface area contributed by atoms with Gasteiger partial charge in [-0.1, -0.05) is 17.3 Å². The molecule has 0 unspecified atom stereocenters. The summed E-state index contributed by atoms with van der Waals surface area (Å²) in [5.41, 5.74) is 2.49. The molecule has 4 rings (SSSR count). The van der Waals surface area contributed by atoms with Crippen LogP contribution in [0.5, 0.6) is 5.75 Å². The highest BCUT2D eigenvalue weighted by atomic mass is 19.3. The number of rotatable bonds is 5. The fourth-order valence-corrected chi connectivity index (χ4v) is 3.96. The molecule has 5 nitrogen and oxygen atoms in total. The van der Waals surface area contributed by atoms with Crippen LogP contribution in [0.1, 0.15) is 47.7 Å². The van der Waals surface area contributed by atoms with Crippen molar-refractivity contribution in [3.05, 3.63) is 52.8 Å². The van der Waals surface area contributed by atoms with Gasteiger partial charge in [0.1, 0.15) is 5.75 Å². The lowest BCUT2D eigenvalue weighted by molar-refractivity contribution is 0.152. The summed E-state index contributed by atoms with van der Waals surface area (Å²) in [6.45, 7) is 4.23. The van der Waals surface area contributed by atoms with Crippen molar-refractivity contribution < 1.29 is 18.0 Å². The summed E-state index contributed by atoms with van der Waals surface area (Å²) in [6.07, 6.45) is -0.658. The van der Waals surface area contributed by atoms with E-state index in [1.165, 1.54) is 5.56 Å². The van der Waals surface area contributed by atoms with Gasteiger partial charge in [0.2, 0.25) is 0 Å². The van der Waals surface area contributed by atoms with Crippen molar-refractivity contribution in [2.45, 2.75) is 38.7 Å². The molecule has 0 radical (unpaired) electrons. The number of pyridine rings is 1. The van der Waals surface area contributed by atoms with Crippen molar-refractivity contribution in [3.8, 4) is 5.75 Å². The van der Waals surface area contributed by atoms with Crippen molar-refractivity contribution >= 4 is 11.1 Å². The zero-order valence-corrected chi connectivity index (χ0v) is 16.0. The second-order valence-electron chi connectivity index (χ2n) is 7.31. The largest absolute Gasteiger partial charge is 0.497 e. The molecule has 0 aliphatic carbocycles. The third-order valence-electron chi connectivity index (χ3n) is 5.39. The fourth-order valence-electron chi connectivity index (χ4n) is 3.96. The van der Waals surface area contributed by atoms with Crippen LogP contribution in [0.4, 0.5) is 8.78 Å². The maximum absolute atomic E-state index is 13.6. The first-order valence-corrected chi connectivity index (χ1v) is 9.45. The number of benzene rings is 1. The molecule has 0 saturated carbocycles. The van der Waals surface area contributed by atoms with Gasteiger partial charge >= 0.3 is 0 Å². The highest BCUT2D eigenvalue weighted by molar-refractivity contribution is 5.80. The molecule has 0 amide bonds. The van der Waals surface area contributed by atoms with Gasteiger partial charge in [-0.25, -0.2) is 13.8 Å². The van der Waals surface area contributed by atoms with Gasteiger partial charge < -0.3 is 9.26 Å². The van der Waals surface area contributed by atoms with Gasteiger partial charge in [0.05, 0.1) is 18.2 Å². The van der Waals surface area contributed by atoms with E-state index in [9.17, 15) is 8.78 Å². The van der Waals surface area contributed by atoms with Crippen LogP contribution in [0.2, 0.25) is 0 Å². The number of alkyl halides is 2. The molecular weight excluding hydrogens is 364 g/mol. The number of hydrogen-bond donors (Lipinski definition) is 0. The van der Waals surface area contributed by atoms with Crippen molar-refractivity contribution in [1.82, 2.24) is 15.0 Å². The molecule has 2 aromatic heterocycles. The summed E-state index contributed by atoms with van der Waals surface area (Å²) >= 11 is 0. The van der Waals surface area contributed by atoms with Crippen LogP contribution in [0.25, 0.3) is 11.1 Å². The highest BCUT2D eigenvalue weighted by Crippen LogP contribution is 2.34. The number of nitrogens with zero attached hydrogens (tertiary/aromatic N) is 3. The number of likely N-dealkylation sites (tertiary alicyclic amines) is 1. The summed E-state index contributed by atoms with van der Waals surface area (Å²) < 4.78 is 37.6. The Morgan fingerprint density at radius 1 is 1.29 bits per heavy atom. The predicted molar refractivity (Wildman–Crippen MR) is 102 cm³/mol. The van der Waals surface area contributed by atoms with Crippen molar-refractivity contribution in [3.63, 3.8) is 0 Å². The van der Waals surface area contributed by atoms with E-state index in [0.717, 1.165) is 38.2 Å². The lowest BCUT2D eigenvalue weighted by Crippen LogP contribution is -2.34. The molecule has 1 aliphatic rings. The average molecular weight is 387 g/mol. The molecule has 7 heteroatoms. The summed E-state index contributed by atoms with van der Waals surface area (Å²) in [6, 6.07) is 9.55. The maximum Gasteiger partial charge on any atom is 0.264 e. The molecule has 1 aliphatic heterocycles. The summed E-state index contributed by atoms with van der Waals surface area (Å²) in [5.74, 6) is 0.930. The number of halogens is 2. The molecule has 148 valence electrons. The lowest BCUT2D eigenvalue weighted by Gasteiger charge is -2.32. The Hall–Kier alpha value is -2.54. The number of fused-ring (bicyclic) bond motifs is 1. The minimum atomic E-state index is -2.58. The second kappa shape index (κ2) is 7.83. The van der Waals surface area contributed by atoms with E-state index in [2.05, 4.69) is 27.2 Å². The van der Waals surface area contributed by atoms with Crippen LogP contribution in [-0.2, 0) is 6.54 Å². The van der Waals surface area contributed by atoms with Crippen LogP contribution >= 0.6 is 0 Å². The number of aromatic nitrogens is 2. The molecule has 3 aromatic rings. The zero-order chi connectivity index (χ0) is 19.7. The quantitative estimate of drug-likeness (QED) is 0.626. The van der Waals surface area contributed by atoms with Crippen molar-refractivity contribution in [2.75, 3.05) is 20.2 Å². The number of piperidine rings is 1. The van der Waals surface area contributed by atoms with E-state index in [0.29, 0.717) is 16.8 Å². The lowest BCUT2D eigenvalue weighted by atomic mass is 9.92.